The van der Waals surface area contributed by atoms with Crippen LogP contribution in [0.2, 0.25) is 0 Å². The highest BCUT2D eigenvalue weighted by atomic mass is 32.1. The Morgan fingerprint density at radius 1 is 0.518 bits per heavy atom. The van der Waals surface area contributed by atoms with Gasteiger partial charge in [0.05, 0.1) is 20.4 Å². The van der Waals surface area contributed by atoms with E-state index in [9.17, 15) is 19.2 Å². The Hall–Kier alpha value is -4.02. The third kappa shape index (κ3) is 4.80. The van der Waals surface area contributed by atoms with Crippen molar-refractivity contribution in [3.8, 4) is 0 Å². The highest BCUT2D eigenvalue weighted by Crippen LogP contribution is 2.50. The molecule has 6 saturated carbocycles. The molecule has 4 aromatic rings. The number of carbonyl (C=O) groups is 4. The first-order valence-electron chi connectivity index (χ1n) is 21.2. The van der Waals surface area contributed by atoms with Gasteiger partial charge in [0.25, 0.3) is 0 Å². The van der Waals surface area contributed by atoms with E-state index in [2.05, 4.69) is 59.7 Å². The molecule has 0 saturated heterocycles. The number of aliphatic imine (C=N–C) groups is 2. The van der Waals surface area contributed by atoms with Crippen molar-refractivity contribution in [2.45, 2.75) is 77.0 Å². The number of nitrogens with zero attached hydrogens (tertiary/aromatic N) is 4. The van der Waals surface area contributed by atoms with Gasteiger partial charge in [-0.3, -0.25) is 19.2 Å². The maximum Gasteiger partial charge on any atom is 0.188 e. The number of ketones is 4. The van der Waals surface area contributed by atoms with Gasteiger partial charge in [-0.15, -0.1) is 22.7 Å². The fourth-order valence-electron chi connectivity index (χ4n) is 12.9. The van der Waals surface area contributed by atoms with Gasteiger partial charge < -0.3 is 9.13 Å². The van der Waals surface area contributed by atoms with E-state index in [0.717, 1.165) is 56.1 Å². The maximum absolute atomic E-state index is 13.6. The molecule has 0 amide bonds. The van der Waals surface area contributed by atoms with E-state index < -0.39 is 0 Å². The minimum Gasteiger partial charge on any atom is -0.343 e. The number of Topliss-reactive ketones (excluding diaryl/α,β-unsaturated/α-hetero) is 4. The van der Waals surface area contributed by atoms with Crippen LogP contribution in [0.15, 0.2) is 22.1 Å². The number of hydrogen-bond donors (Lipinski definition) is 0. The van der Waals surface area contributed by atoms with E-state index in [0.29, 0.717) is 23.7 Å². The number of carbonyl (C=O) groups excluding carboxylic acids is 4. The molecule has 0 spiro atoms. The van der Waals surface area contributed by atoms with E-state index in [-0.39, 0.29) is 70.1 Å². The Morgan fingerprint density at radius 2 is 0.857 bits per heavy atom. The third-order valence-electron chi connectivity index (χ3n) is 15.8. The van der Waals surface area contributed by atoms with E-state index in [4.69, 9.17) is 9.98 Å². The molecule has 6 fully saturated rings. The monoisotopic (exact) mass is 782 g/mol. The molecule has 10 unspecified atom stereocenters. The lowest BCUT2D eigenvalue weighted by molar-refractivity contribution is -0.123. The van der Waals surface area contributed by atoms with Crippen LogP contribution in [-0.2, 0) is 33.3 Å². The van der Waals surface area contributed by atoms with E-state index in [1.54, 1.807) is 22.7 Å². The van der Waals surface area contributed by atoms with Gasteiger partial charge in [-0.25, -0.2) is 9.98 Å². The van der Waals surface area contributed by atoms with Gasteiger partial charge >= 0.3 is 0 Å². The number of hydrogen-bond acceptors (Lipinski definition) is 8. The average molecular weight is 783 g/mol. The second kappa shape index (κ2) is 12.2. The van der Waals surface area contributed by atoms with Gasteiger partial charge in [-0.2, -0.15) is 0 Å². The summed E-state index contributed by atoms with van der Waals surface area (Å²) in [6, 6.07) is 4.11. The number of aromatic nitrogens is 2. The normalized spacial score (nSPS) is 34.4. The largest absolute Gasteiger partial charge is 0.343 e. The molecular formula is C46H46N4O4S2. The van der Waals surface area contributed by atoms with Crippen molar-refractivity contribution >= 4 is 112 Å². The Bertz CT molecular complexity index is 2550. The molecule has 4 aromatic heterocycles. The summed E-state index contributed by atoms with van der Waals surface area (Å²) in [5.41, 5.74) is 2.52. The lowest BCUT2D eigenvalue weighted by Gasteiger charge is -2.39. The van der Waals surface area contributed by atoms with Gasteiger partial charge in [-0.05, 0) is 61.5 Å². The highest BCUT2D eigenvalue weighted by Gasteiger charge is 2.53. The van der Waals surface area contributed by atoms with Crippen LogP contribution in [0.25, 0.3) is 44.7 Å². The van der Waals surface area contributed by atoms with Gasteiger partial charge in [0.2, 0.25) is 0 Å². The summed E-state index contributed by atoms with van der Waals surface area (Å²) in [4.78, 5) is 64.1. The van der Waals surface area contributed by atoms with Crippen LogP contribution in [0.5, 0.6) is 0 Å². The molecule has 0 radical (unpaired) electrons. The van der Waals surface area contributed by atoms with Crippen molar-refractivity contribution in [1.82, 2.24) is 9.13 Å². The van der Waals surface area contributed by atoms with Gasteiger partial charge in [0.15, 0.2) is 34.6 Å². The number of aryl methyl sites for hydroxylation is 2. The van der Waals surface area contributed by atoms with Crippen molar-refractivity contribution in [1.29, 1.82) is 0 Å². The van der Waals surface area contributed by atoms with Crippen molar-refractivity contribution in [2.75, 3.05) is 0 Å². The van der Waals surface area contributed by atoms with Crippen LogP contribution >= 0.6 is 22.7 Å². The third-order valence-corrected chi connectivity index (χ3v) is 17.9. The van der Waals surface area contributed by atoms with Crippen molar-refractivity contribution < 1.29 is 19.2 Å². The second-order valence-corrected chi connectivity index (χ2v) is 20.6. The summed E-state index contributed by atoms with van der Waals surface area (Å²) < 4.78 is 6.74. The zero-order valence-corrected chi connectivity index (χ0v) is 33.6. The molecule has 0 aromatic carbocycles. The Balaban J connectivity index is 0.859. The molecule has 56 heavy (non-hydrogen) atoms. The van der Waals surface area contributed by atoms with E-state index in [1.807, 2.05) is 0 Å². The Kier molecular flexibility index (Phi) is 7.45. The molecule has 286 valence electrons. The molecule has 0 bridgehead atoms. The maximum atomic E-state index is 13.6. The van der Waals surface area contributed by atoms with Crippen LogP contribution in [-0.4, -0.2) is 43.7 Å². The molecule has 8 aliphatic rings. The molecule has 0 aliphatic heterocycles. The fourth-order valence-corrected chi connectivity index (χ4v) is 15.1. The summed E-state index contributed by atoms with van der Waals surface area (Å²) in [7, 11) is 4.19. The van der Waals surface area contributed by atoms with Crippen molar-refractivity contribution in [3.05, 3.63) is 33.3 Å². The lowest BCUT2D eigenvalue weighted by Crippen LogP contribution is -2.39. The van der Waals surface area contributed by atoms with Crippen LogP contribution < -0.4 is 21.1 Å². The summed E-state index contributed by atoms with van der Waals surface area (Å²) in [5.74, 6) is 1.92. The topological polar surface area (TPSA) is 103 Å². The van der Waals surface area contributed by atoms with Gasteiger partial charge in [0, 0.05) is 70.7 Å². The summed E-state index contributed by atoms with van der Waals surface area (Å²) in [6.07, 6.45) is 22.7. The predicted octanol–water partition coefficient (Wildman–Crippen LogP) is 5.99. The molecule has 4 heterocycles. The van der Waals surface area contributed by atoms with E-state index in [1.165, 1.54) is 72.5 Å². The summed E-state index contributed by atoms with van der Waals surface area (Å²) in [6.45, 7) is 0. The number of fused-ring (bicyclic) bond motifs is 11. The number of thiophene rings is 2. The lowest BCUT2D eigenvalue weighted by atomic mass is 9.64. The van der Waals surface area contributed by atoms with E-state index >= 15 is 0 Å². The zero-order chi connectivity index (χ0) is 37.7. The highest BCUT2D eigenvalue weighted by molar-refractivity contribution is 7.23. The summed E-state index contributed by atoms with van der Waals surface area (Å²) >= 11 is 3.17. The Labute approximate surface area is 332 Å². The Morgan fingerprint density at radius 3 is 1.20 bits per heavy atom. The minimum atomic E-state index is -0.173. The standard InChI is InChI=1S/C46H46N4O4S2/c1-49-33-17-25-16-32-34(50(2)36-20-38(56-46(32)36)48-40-43(53)29-13-23-9-5-6-10-24(23)14-30(29)44(40)54)18-26(25)15-31(33)45-35(49)19-37(55-45)47-39-41(51)27-11-21-7-3-4-8-22(21)12-28(27)42(39)52/h15-30H,3-14H2,1-2H3. The molecule has 8 nitrogen and oxygen atoms in total. The SMILES string of the molecule is Cn1c2c(c3sc(N=C4C(=O)C5CC6CCCCC6CC5C4=O)cc31)=CC1C=c3c(c4sc(N=C5C(=O)C6CC7CCCCC7CC6C5=O)cc4n3C)=CC1C=2. The van der Waals surface area contributed by atoms with Gasteiger partial charge in [0.1, 0.15) is 10.0 Å². The van der Waals surface area contributed by atoms with Gasteiger partial charge in [-0.1, -0.05) is 75.7 Å². The number of rotatable bonds is 2. The predicted molar refractivity (Wildman–Crippen MR) is 222 cm³/mol. The molecule has 8 aliphatic carbocycles. The summed E-state index contributed by atoms with van der Waals surface area (Å²) in [5, 5.41) is 6.19. The molecule has 10 atom stereocenters. The van der Waals surface area contributed by atoms with Crippen LogP contribution in [0.4, 0.5) is 10.0 Å². The quantitative estimate of drug-likeness (QED) is 0.250. The molecule has 10 heteroatoms. The first-order chi connectivity index (χ1) is 27.2. The fraction of sp³-hybridized carbons (Fsp3) is 0.522. The zero-order valence-electron chi connectivity index (χ0n) is 32.0. The minimum absolute atomic E-state index is 0.0214. The van der Waals surface area contributed by atoms with Crippen LogP contribution in [0.3, 0.4) is 0 Å². The molecular weight excluding hydrogens is 737 g/mol. The van der Waals surface area contributed by atoms with Crippen LogP contribution in [0, 0.1) is 59.2 Å². The van der Waals surface area contributed by atoms with Crippen LogP contribution in [0.1, 0.15) is 77.0 Å². The molecule has 0 N–H and O–H groups in total. The van der Waals surface area contributed by atoms with Crippen molar-refractivity contribution in [2.24, 2.45) is 83.3 Å². The average Bonchev–Trinajstić information content (AvgIpc) is 4.03. The molecule has 12 rings (SSSR count). The second-order valence-electron chi connectivity index (χ2n) is 18.5. The van der Waals surface area contributed by atoms with Crippen molar-refractivity contribution in [3.63, 3.8) is 0 Å². The first kappa shape index (κ1) is 34.1. The smallest absolute Gasteiger partial charge is 0.188 e. The first-order valence-corrected chi connectivity index (χ1v) is 22.8.